The van der Waals surface area contributed by atoms with Crippen LogP contribution in [-0.2, 0) is 4.79 Å². The molecule has 0 amide bonds. The molecule has 0 aliphatic carbocycles. The average molecular weight is 251 g/mol. The van der Waals surface area contributed by atoms with Crippen LogP contribution in [0.1, 0.15) is 37.8 Å². The molecule has 0 aliphatic heterocycles. The summed E-state index contributed by atoms with van der Waals surface area (Å²) in [6, 6.07) is 7.45. The van der Waals surface area contributed by atoms with E-state index < -0.39 is 5.97 Å². The normalized spacial score (nSPS) is 12.6. The van der Waals surface area contributed by atoms with E-state index in [1.807, 2.05) is 19.2 Å². The van der Waals surface area contributed by atoms with Crippen LogP contribution in [0.5, 0.6) is 5.75 Å². The first-order chi connectivity index (χ1) is 8.50. The minimum atomic E-state index is -0.737. The Bertz CT molecular complexity index is 392. The highest BCUT2D eigenvalue weighted by Gasteiger charge is 2.11. The van der Waals surface area contributed by atoms with E-state index in [0.717, 1.165) is 18.5 Å². The Kier molecular flexibility index (Phi) is 5.65. The van der Waals surface area contributed by atoms with Crippen LogP contribution >= 0.6 is 0 Å². The molecule has 0 aliphatic rings. The van der Waals surface area contributed by atoms with Crippen LogP contribution in [0.2, 0.25) is 0 Å². The van der Waals surface area contributed by atoms with Crippen LogP contribution in [0.15, 0.2) is 24.3 Å². The molecule has 0 saturated carbocycles. The van der Waals surface area contributed by atoms with Crippen molar-refractivity contribution in [2.24, 2.45) is 0 Å². The molecule has 0 saturated heterocycles. The van der Waals surface area contributed by atoms with Crippen LogP contribution in [0.25, 0.3) is 0 Å². The number of rotatable bonds is 7. The number of hydrogen-bond acceptors (Lipinski definition) is 3. The van der Waals surface area contributed by atoms with Crippen molar-refractivity contribution in [3.63, 3.8) is 0 Å². The molecule has 0 heterocycles. The van der Waals surface area contributed by atoms with E-state index in [4.69, 9.17) is 5.11 Å². The summed E-state index contributed by atoms with van der Waals surface area (Å²) >= 11 is 0. The molecule has 0 aromatic heterocycles. The number of phenolic OH excluding ortho intramolecular Hbond substituents is 1. The van der Waals surface area contributed by atoms with Gasteiger partial charge >= 0.3 is 5.97 Å². The minimum absolute atomic E-state index is 0.210. The maximum absolute atomic E-state index is 10.4. The lowest BCUT2D eigenvalue weighted by Gasteiger charge is -2.25. The summed E-state index contributed by atoms with van der Waals surface area (Å²) in [6.07, 6.45) is 1.80. The van der Waals surface area contributed by atoms with Crippen LogP contribution < -0.4 is 0 Å². The van der Waals surface area contributed by atoms with Gasteiger partial charge in [-0.3, -0.25) is 9.69 Å². The largest absolute Gasteiger partial charge is 0.508 e. The fourth-order valence-electron chi connectivity index (χ4n) is 1.87. The van der Waals surface area contributed by atoms with Crippen molar-refractivity contribution in [3.05, 3.63) is 29.8 Å². The van der Waals surface area contributed by atoms with Gasteiger partial charge in [-0.1, -0.05) is 12.1 Å². The quantitative estimate of drug-likeness (QED) is 0.731. The molecule has 1 unspecified atom stereocenters. The molecule has 18 heavy (non-hydrogen) atoms. The summed E-state index contributed by atoms with van der Waals surface area (Å²) in [6.45, 7) is 2.93. The Morgan fingerprint density at radius 2 is 2.11 bits per heavy atom. The number of carboxylic acid groups (broad SMARTS) is 1. The van der Waals surface area contributed by atoms with Gasteiger partial charge in [0.25, 0.3) is 0 Å². The van der Waals surface area contributed by atoms with Crippen molar-refractivity contribution in [3.8, 4) is 5.75 Å². The van der Waals surface area contributed by atoms with Crippen molar-refractivity contribution in [2.45, 2.75) is 32.2 Å². The van der Waals surface area contributed by atoms with Gasteiger partial charge in [-0.25, -0.2) is 0 Å². The monoisotopic (exact) mass is 251 g/mol. The van der Waals surface area contributed by atoms with E-state index in [2.05, 4.69) is 11.8 Å². The maximum atomic E-state index is 10.4. The molecular formula is C14H21NO3. The third kappa shape index (κ3) is 4.75. The van der Waals surface area contributed by atoms with Crippen molar-refractivity contribution in [1.29, 1.82) is 0 Å². The number of carboxylic acids is 1. The first-order valence-electron chi connectivity index (χ1n) is 6.21. The number of carbonyl (C=O) groups is 1. The van der Waals surface area contributed by atoms with Gasteiger partial charge in [0.05, 0.1) is 0 Å². The van der Waals surface area contributed by atoms with E-state index in [1.54, 1.807) is 12.1 Å². The van der Waals surface area contributed by atoms with Crippen molar-refractivity contribution < 1.29 is 15.0 Å². The minimum Gasteiger partial charge on any atom is -0.508 e. The van der Waals surface area contributed by atoms with Gasteiger partial charge < -0.3 is 10.2 Å². The Labute approximate surface area is 108 Å². The van der Waals surface area contributed by atoms with E-state index in [0.29, 0.717) is 6.42 Å². The molecule has 0 bridgehead atoms. The zero-order valence-corrected chi connectivity index (χ0v) is 11.0. The second-order valence-corrected chi connectivity index (χ2v) is 4.60. The number of aliphatic carboxylic acids is 1. The van der Waals surface area contributed by atoms with Gasteiger partial charge in [-0.05, 0) is 51.1 Å². The summed E-state index contributed by atoms with van der Waals surface area (Å²) in [7, 11) is 2.01. The molecule has 1 aromatic rings. The number of nitrogens with zero attached hydrogens (tertiary/aromatic N) is 1. The third-order valence-electron chi connectivity index (χ3n) is 3.17. The lowest BCUT2D eigenvalue weighted by Crippen LogP contribution is -2.23. The Hall–Kier alpha value is -1.55. The summed E-state index contributed by atoms with van der Waals surface area (Å²) in [4.78, 5) is 12.6. The topological polar surface area (TPSA) is 60.8 Å². The van der Waals surface area contributed by atoms with Crippen LogP contribution in [0, 0.1) is 0 Å². The highest BCUT2D eigenvalue weighted by Crippen LogP contribution is 2.22. The molecule has 1 atom stereocenters. The SMILES string of the molecule is CC(c1cccc(O)c1)N(C)CCCCC(=O)O. The lowest BCUT2D eigenvalue weighted by molar-refractivity contribution is -0.137. The number of hydrogen-bond donors (Lipinski definition) is 2. The smallest absolute Gasteiger partial charge is 0.303 e. The molecule has 1 rings (SSSR count). The molecule has 0 fully saturated rings. The number of benzene rings is 1. The van der Waals surface area contributed by atoms with Gasteiger partial charge in [-0.2, -0.15) is 0 Å². The third-order valence-corrected chi connectivity index (χ3v) is 3.17. The highest BCUT2D eigenvalue weighted by molar-refractivity contribution is 5.66. The van der Waals surface area contributed by atoms with Gasteiger partial charge in [-0.15, -0.1) is 0 Å². The van der Waals surface area contributed by atoms with Gasteiger partial charge in [0, 0.05) is 12.5 Å². The Morgan fingerprint density at radius 1 is 1.39 bits per heavy atom. The predicted octanol–water partition coefficient (Wildman–Crippen LogP) is 2.64. The highest BCUT2D eigenvalue weighted by atomic mass is 16.4. The molecular weight excluding hydrogens is 230 g/mol. The standard InChI is InChI=1S/C14H21NO3/c1-11(12-6-5-7-13(16)10-12)15(2)9-4-3-8-14(17)18/h5-7,10-11,16H,3-4,8-9H2,1-2H3,(H,17,18). The zero-order valence-electron chi connectivity index (χ0n) is 11.0. The molecule has 4 nitrogen and oxygen atoms in total. The predicted molar refractivity (Wildman–Crippen MR) is 70.6 cm³/mol. The fraction of sp³-hybridized carbons (Fsp3) is 0.500. The fourth-order valence-corrected chi connectivity index (χ4v) is 1.87. The molecule has 100 valence electrons. The van der Waals surface area contributed by atoms with Crippen LogP contribution in [0.4, 0.5) is 0 Å². The van der Waals surface area contributed by atoms with E-state index in [-0.39, 0.29) is 18.2 Å². The average Bonchev–Trinajstić information content (AvgIpc) is 2.33. The summed E-state index contributed by atoms with van der Waals surface area (Å²) < 4.78 is 0. The molecule has 2 N–H and O–H groups in total. The second-order valence-electron chi connectivity index (χ2n) is 4.60. The van der Waals surface area contributed by atoms with E-state index in [1.165, 1.54) is 0 Å². The summed E-state index contributed by atoms with van der Waals surface area (Å²) in [5.41, 5.74) is 1.07. The Balaban J connectivity index is 2.41. The zero-order chi connectivity index (χ0) is 13.5. The van der Waals surface area contributed by atoms with Crippen LogP contribution in [-0.4, -0.2) is 34.7 Å². The number of aromatic hydroxyl groups is 1. The van der Waals surface area contributed by atoms with Gasteiger partial charge in [0.2, 0.25) is 0 Å². The molecule has 0 spiro atoms. The molecule has 4 heteroatoms. The van der Waals surface area contributed by atoms with E-state index >= 15 is 0 Å². The lowest BCUT2D eigenvalue weighted by atomic mass is 10.1. The van der Waals surface area contributed by atoms with Crippen molar-refractivity contribution in [1.82, 2.24) is 4.90 Å². The molecule has 1 aromatic carbocycles. The Morgan fingerprint density at radius 3 is 2.72 bits per heavy atom. The summed E-state index contributed by atoms with van der Waals surface area (Å²) in [5.74, 6) is -0.461. The molecule has 0 radical (unpaired) electrons. The number of phenols is 1. The van der Waals surface area contributed by atoms with Gasteiger partial charge in [0.1, 0.15) is 5.75 Å². The van der Waals surface area contributed by atoms with Crippen molar-refractivity contribution in [2.75, 3.05) is 13.6 Å². The van der Waals surface area contributed by atoms with E-state index in [9.17, 15) is 9.90 Å². The number of unbranched alkanes of at least 4 members (excludes halogenated alkanes) is 1. The summed E-state index contributed by atoms with van der Waals surface area (Å²) in [5, 5.41) is 18.0. The maximum Gasteiger partial charge on any atom is 0.303 e. The van der Waals surface area contributed by atoms with Gasteiger partial charge in [0.15, 0.2) is 0 Å². The van der Waals surface area contributed by atoms with Crippen LogP contribution in [0.3, 0.4) is 0 Å². The first kappa shape index (κ1) is 14.5. The van der Waals surface area contributed by atoms with Crippen molar-refractivity contribution >= 4 is 5.97 Å². The first-order valence-corrected chi connectivity index (χ1v) is 6.21. The second kappa shape index (κ2) is 7.01.